The number of morpholine rings is 1. The number of hydrogen-bond donors (Lipinski definition) is 1. The van der Waals surface area contributed by atoms with Gasteiger partial charge in [0, 0.05) is 37.1 Å². The lowest BCUT2D eigenvalue weighted by molar-refractivity contribution is -0.140. The van der Waals surface area contributed by atoms with Gasteiger partial charge in [-0.1, -0.05) is 6.07 Å². The van der Waals surface area contributed by atoms with Gasteiger partial charge >= 0.3 is 6.18 Å². The Morgan fingerprint density at radius 3 is 2.73 bits per heavy atom. The van der Waals surface area contributed by atoms with E-state index < -0.39 is 11.9 Å². The maximum atomic E-state index is 13.8. The molecule has 1 saturated heterocycles. The third-order valence-corrected chi connectivity index (χ3v) is 5.55. The predicted molar refractivity (Wildman–Crippen MR) is 119 cm³/mol. The quantitative estimate of drug-likeness (QED) is 0.476. The van der Waals surface area contributed by atoms with E-state index >= 15 is 0 Å². The van der Waals surface area contributed by atoms with Gasteiger partial charge in [-0.25, -0.2) is 4.98 Å². The molecule has 0 saturated carbocycles. The summed E-state index contributed by atoms with van der Waals surface area (Å²) < 4.78 is 48.6. The molecule has 0 unspecified atom stereocenters. The number of aromatic nitrogens is 6. The molecule has 4 aromatic heterocycles. The lowest BCUT2D eigenvalue weighted by Gasteiger charge is -2.34. The zero-order valence-corrected chi connectivity index (χ0v) is 18.6. The number of nitrogens with one attached hydrogen (secondary N) is 1. The van der Waals surface area contributed by atoms with Crippen molar-refractivity contribution in [1.29, 1.82) is 0 Å². The summed E-state index contributed by atoms with van der Waals surface area (Å²) in [6.45, 7) is 3.60. The number of hydrogen-bond acceptors (Lipinski definition) is 6. The first-order valence-corrected chi connectivity index (χ1v) is 10.1. The van der Waals surface area contributed by atoms with Crippen LogP contribution in [0.15, 0.2) is 36.7 Å². The summed E-state index contributed by atoms with van der Waals surface area (Å²) in [5, 5.41) is 11.5. The summed E-state index contributed by atoms with van der Waals surface area (Å²) >= 11 is 0. The van der Waals surface area contributed by atoms with E-state index in [2.05, 4.69) is 20.3 Å². The SMILES string of the molecule is C[C@@H]1COCCN1c1cc(-c2cccnc2C(F)(F)F)c2c(n1)c(-c1cc[nH]n1)nn2C.Cl. The van der Waals surface area contributed by atoms with Gasteiger partial charge in [-0.3, -0.25) is 14.8 Å². The molecular formula is C21H21ClF3N7O. The highest BCUT2D eigenvalue weighted by molar-refractivity contribution is 6.00. The van der Waals surface area contributed by atoms with E-state index in [4.69, 9.17) is 9.72 Å². The number of pyridine rings is 2. The number of aryl methyl sites for hydroxylation is 1. The third kappa shape index (κ3) is 4.02. The molecule has 4 aromatic rings. The molecule has 0 bridgehead atoms. The number of anilines is 1. The van der Waals surface area contributed by atoms with E-state index in [9.17, 15) is 13.2 Å². The van der Waals surface area contributed by atoms with Crippen LogP contribution in [0.2, 0.25) is 0 Å². The lowest BCUT2D eigenvalue weighted by atomic mass is 10.0. The smallest absolute Gasteiger partial charge is 0.377 e. The number of alkyl halides is 3. The topological polar surface area (TPSA) is 84.8 Å². The molecule has 1 N–H and O–H groups in total. The van der Waals surface area contributed by atoms with Crippen LogP contribution in [0, 0.1) is 0 Å². The van der Waals surface area contributed by atoms with E-state index in [1.165, 1.54) is 12.1 Å². The second-order valence-electron chi connectivity index (χ2n) is 7.67. The number of halogens is 4. The number of ether oxygens (including phenoxy) is 1. The number of fused-ring (bicyclic) bond motifs is 1. The lowest BCUT2D eigenvalue weighted by Crippen LogP contribution is -2.44. The molecule has 5 rings (SSSR count). The highest BCUT2D eigenvalue weighted by atomic mass is 35.5. The number of rotatable bonds is 3. The average molecular weight is 480 g/mol. The minimum atomic E-state index is -4.61. The zero-order valence-electron chi connectivity index (χ0n) is 17.8. The van der Waals surface area contributed by atoms with Crippen molar-refractivity contribution in [3.05, 3.63) is 42.4 Å². The van der Waals surface area contributed by atoms with Crippen molar-refractivity contribution in [1.82, 2.24) is 29.9 Å². The van der Waals surface area contributed by atoms with Crippen molar-refractivity contribution in [2.24, 2.45) is 7.05 Å². The monoisotopic (exact) mass is 479 g/mol. The predicted octanol–water partition coefficient (Wildman–Crippen LogP) is 4.09. The Labute approximate surface area is 193 Å². The highest BCUT2D eigenvalue weighted by Gasteiger charge is 2.36. The van der Waals surface area contributed by atoms with Crippen LogP contribution in [-0.2, 0) is 18.0 Å². The van der Waals surface area contributed by atoms with Gasteiger partial charge in [0.15, 0.2) is 5.69 Å². The van der Waals surface area contributed by atoms with Crippen molar-refractivity contribution < 1.29 is 17.9 Å². The zero-order chi connectivity index (χ0) is 22.5. The summed E-state index contributed by atoms with van der Waals surface area (Å²) in [5.41, 5.74) is 1.39. The summed E-state index contributed by atoms with van der Waals surface area (Å²) in [6.07, 6.45) is -1.80. The van der Waals surface area contributed by atoms with Crippen LogP contribution < -0.4 is 4.90 Å². The van der Waals surface area contributed by atoms with Crippen molar-refractivity contribution in [3.63, 3.8) is 0 Å². The van der Waals surface area contributed by atoms with Crippen molar-refractivity contribution in [2.45, 2.75) is 19.1 Å². The fraction of sp³-hybridized carbons (Fsp3) is 0.333. The molecule has 1 atom stereocenters. The van der Waals surface area contributed by atoms with Crippen LogP contribution in [0.4, 0.5) is 19.0 Å². The van der Waals surface area contributed by atoms with Gasteiger partial charge in [-0.05, 0) is 25.1 Å². The van der Waals surface area contributed by atoms with Crippen LogP contribution in [0.1, 0.15) is 12.6 Å². The Morgan fingerprint density at radius 2 is 2.03 bits per heavy atom. The molecule has 33 heavy (non-hydrogen) atoms. The molecule has 0 spiro atoms. The number of aromatic amines is 1. The van der Waals surface area contributed by atoms with Crippen LogP contribution in [0.25, 0.3) is 33.5 Å². The number of nitrogens with zero attached hydrogens (tertiary/aromatic N) is 6. The minimum Gasteiger partial charge on any atom is -0.377 e. The molecule has 0 aliphatic carbocycles. The molecular weight excluding hydrogens is 459 g/mol. The molecule has 5 heterocycles. The summed E-state index contributed by atoms with van der Waals surface area (Å²) in [6, 6.07) is 6.38. The highest BCUT2D eigenvalue weighted by Crippen LogP contribution is 2.41. The molecule has 0 radical (unpaired) electrons. The van der Waals surface area contributed by atoms with E-state index in [-0.39, 0.29) is 24.0 Å². The van der Waals surface area contributed by atoms with E-state index in [0.717, 1.165) is 6.20 Å². The Balaban J connectivity index is 0.00000259. The Bertz CT molecular complexity index is 1270. The van der Waals surface area contributed by atoms with Crippen molar-refractivity contribution >= 4 is 29.3 Å². The van der Waals surface area contributed by atoms with E-state index in [0.29, 0.717) is 53.6 Å². The van der Waals surface area contributed by atoms with Crippen LogP contribution in [0.5, 0.6) is 0 Å². The van der Waals surface area contributed by atoms with Gasteiger partial charge < -0.3 is 9.64 Å². The van der Waals surface area contributed by atoms with Crippen LogP contribution in [-0.4, -0.2) is 55.7 Å². The van der Waals surface area contributed by atoms with Gasteiger partial charge in [0.1, 0.15) is 22.7 Å². The Kier molecular flexibility index (Phi) is 6.02. The van der Waals surface area contributed by atoms with Gasteiger partial charge in [0.25, 0.3) is 0 Å². The van der Waals surface area contributed by atoms with Gasteiger partial charge in [-0.2, -0.15) is 23.4 Å². The maximum Gasteiger partial charge on any atom is 0.433 e. The first-order valence-electron chi connectivity index (χ1n) is 10.1. The van der Waals surface area contributed by atoms with Crippen molar-refractivity contribution in [2.75, 3.05) is 24.7 Å². The fourth-order valence-corrected chi connectivity index (χ4v) is 4.10. The maximum absolute atomic E-state index is 13.8. The molecule has 174 valence electrons. The Morgan fingerprint density at radius 1 is 1.21 bits per heavy atom. The molecule has 0 aromatic carbocycles. The number of H-pyrrole nitrogens is 1. The van der Waals surface area contributed by atoms with Crippen LogP contribution in [0.3, 0.4) is 0 Å². The standard InChI is InChI=1S/C21H20F3N7O.ClH/c1-12-11-32-9-8-31(12)16-10-14(13-4-3-6-25-20(13)21(22,23)24)19-18(27-16)17(29-30(19)2)15-5-7-26-28-15;/h3-7,10,12H,8-9,11H2,1-2H3,(H,26,28);1H/t12-;/m1./s1. The van der Waals surface area contributed by atoms with Gasteiger partial charge in [0.05, 0.1) is 24.8 Å². The molecule has 1 aliphatic heterocycles. The van der Waals surface area contributed by atoms with E-state index in [1.54, 1.807) is 30.1 Å². The first kappa shape index (κ1) is 23.0. The van der Waals surface area contributed by atoms with Crippen molar-refractivity contribution in [3.8, 4) is 22.5 Å². The minimum absolute atomic E-state index is 0. The summed E-state index contributed by atoms with van der Waals surface area (Å²) in [4.78, 5) is 10.5. The fourth-order valence-electron chi connectivity index (χ4n) is 4.10. The summed E-state index contributed by atoms with van der Waals surface area (Å²) in [7, 11) is 1.68. The third-order valence-electron chi connectivity index (χ3n) is 5.55. The molecule has 12 heteroatoms. The normalized spacial score (nSPS) is 16.8. The average Bonchev–Trinajstić information content (AvgIpc) is 3.41. The molecule has 1 aliphatic rings. The second kappa shape index (κ2) is 8.64. The summed E-state index contributed by atoms with van der Waals surface area (Å²) in [5.74, 6) is 0.560. The first-order chi connectivity index (χ1) is 15.3. The molecule has 0 amide bonds. The molecule has 1 fully saturated rings. The van der Waals surface area contributed by atoms with Gasteiger partial charge in [0.2, 0.25) is 0 Å². The van der Waals surface area contributed by atoms with Crippen LogP contribution >= 0.6 is 12.4 Å². The van der Waals surface area contributed by atoms with E-state index in [1.807, 2.05) is 11.8 Å². The largest absolute Gasteiger partial charge is 0.433 e. The Hall–Kier alpha value is -3.18. The second-order valence-corrected chi connectivity index (χ2v) is 7.67. The van der Waals surface area contributed by atoms with Gasteiger partial charge in [-0.15, -0.1) is 12.4 Å². The molecule has 8 nitrogen and oxygen atoms in total.